The predicted octanol–water partition coefficient (Wildman–Crippen LogP) is 11.4. The lowest BCUT2D eigenvalue weighted by Gasteiger charge is -2.28. The fourth-order valence-corrected chi connectivity index (χ4v) is 17.0. The van der Waals surface area contributed by atoms with Gasteiger partial charge in [-0.25, -0.2) is 0 Å². The van der Waals surface area contributed by atoms with Gasteiger partial charge in [-0.15, -0.1) is 0 Å². The van der Waals surface area contributed by atoms with Crippen LogP contribution in [0.5, 0.6) is 5.75 Å². The summed E-state index contributed by atoms with van der Waals surface area (Å²) in [5.41, 5.74) is 12.0. The highest BCUT2D eigenvalue weighted by Crippen LogP contribution is 2.56. The van der Waals surface area contributed by atoms with Crippen LogP contribution in [0.4, 0.5) is 0 Å². The second-order valence-corrected chi connectivity index (χ2v) is 26.4. The molecule has 6 heterocycles. The minimum absolute atomic E-state index is 0.0883. The Morgan fingerprint density at radius 3 is 1.79 bits per heavy atom. The molecular formula is C51H38O4Si2. The molecule has 6 heteroatoms. The van der Waals surface area contributed by atoms with Crippen LogP contribution in [0.3, 0.4) is 0 Å². The van der Waals surface area contributed by atoms with E-state index < -0.39 is 21.7 Å². The summed E-state index contributed by atoms with van der Waals surface area (Å²) in [6, 6.07) is 39.5. The standard InChI is InChI=1S/C51H38O4Si2/c1-51-21-13-12-17-35(51)48-46-34-27-41-33(26-42(34)57(4,5)44(46)25-32(50(48)55-51)40-23-29-15-7-10-19-37(29)53-40)45-43(56(41,2)3)24-31(39-22-28-14-6-9-18-36(28)52-39)49-47(45)30-16-8-11-20-38(30)54-49/h6-27,35H,1-5H3. The van der Waals surface area contributed by atoms with E-state index in [0.717, 1.165) is 66.9 Å². The first kappa shape index (κ1) is 32.0. The Labute approximate surface area is 331 Å². The maximum atomic E-state index is 7.14. The van der Waals surface area contributed by atoms with E-state index in [0.29, 0.717) is 0 Å². The zero-order valence-electron chi connectivity index (χ0n) is 32.4. The third-order valence-electron chi connectivity index (χ3n) is 13.8. The second kappa shape index (κ2) is 10.4. The van der Waals surface area contributed by atoms with Crippen molar-refractivity contribution in [2.45, 2.75) is 44.6 Å². The number of para-hydroxylation sites is 3. The summed E-state index contributed by atoms with van der Waals surface area (Å²) >= 11 is 0. The maximum Gasteiger partial charge on any atom is 0.147 e. The van der Waals surface area contributed by atoms with Gasteiger partial charge >= 0.3 is 0 Å². The molecule has 1 aliphatic carbocycles. The zero-order valence-corrected chi connectivity index (χ0v) is 34.4. The van der Waals surface area contributed by atoms with E-state index in [4.69, 9.17) is 18.0 Å². The SMILES string of the molecule is CC12C=CC=CC1c1c(c(-c3cc4ccccc4o3)cc3c1-c1cc4c(cc1[Si]3(C)C)-c1c(cc(-c3cc5ccccc5o3)c3oc5ccccc5c13)[Si]4(C)C)O2. The highest BCUT2D eigenvalue weighted by molar-refractivity contribution is 7.06. The fourth-order valence-electron chi connectivity index (χ4n) is 10.9. The summed E-state index contributed by atoms with van der Waals surface area (Å²) in [6.07, 6.45) is 8.91. The number of fused-ring (bicyclic) bond motifs is 16. The van der Waals surface area contributed by atoms with Gasteiger partial charge in [-0.05, 0) is 98.5 Å². The Kier molecular flexibility index (Phi) is 5.87. The fraction of sp³-hybridized carbons (Fsp3) is 0.137. The maximum absolute atomic E-state index is 7.14. The molecule has 274 valence electrons. The van der Waals surface area contributed by atoms with Gasteiger partial charge in [-0.3, -0.25) is 0 Å². The Balaban J connectivity index is 1.09. The number of hydrogen-bond donors (Lipinski definition) is 0. The summed E-state index contributed by atoms with van der Waals surface area (Å²) in [7, 11) is -4.54. The van der Waals surface area contributed by atoms with Crippen molar-refractivity contribution in [2.24, 2.45) is 0 Å². The smallest absolute Gasteiger partial charge is 0.147 e. The van der Waals surface area contributed by atoms with E-state index >= 15 is 0 Å². The highest BCUT2D eigenvalue weighted by Gasteiger charge is 2.51. The first-order valence-electron chi connectivity index (χ1n) is 20.0. The Morgan fingerprint density at radius 2 is 1.11 bits per heavy atom. The van der Waals surface area contributed by atoms with Gasteiger partial charge in [-0.1, -0.05) is 111 Å². The van der Waals surface area contributed by atoms with E-state index in [1.54, 1.807) is 0 Å². The number of rotatable bonds is 2. The molecule has 0 N–H and O–H groups in total. The van der Waals surface area contributed by atoms with Crippen LogP contribution in [0.15, 0.2) is 147 Å². The van der Waals surface area contributed by atoms with E-state index in [9.17, 15) is 0 Å². The summed E-state index contributed by atoms with van der Waals surface area (Å²) in [4.78, 5) is 0. The van der Waals surface area contributed by atoms with Crippen LogP contribution in [0.1, 0.15) is 18.4 Å². The molecule has 13 rings (SSSR count). The van der Waals surface area contributed by atoms with Crippen molar-refractivity contribution in [2.75, 3.05) is 0 Å². The van der Waals surface area contributed by atoms with Crippen LogP contribution in [0.25, 0.3) is 88.8 Å². The number of allylic oxidation sites excluding steroid dienone is 2. The normalized spacial score (nSPS) is 20.2. The quantitative estimate of drug-likeness (QED) is 0.164. The molecular weight excluding hydrogens is 733 g/mol. The van der Waals surface area contributed by atoms with Gasteiger partial charge in [-0.2, -0.15) is 0 Å². The van der Waals surface area contributed by atoms with E-state index in [-0.39, 0.29) is 5.92 Å². The summed E-state index contributed by atoms with van der Waals surface area (Å²) in [6.45, 7) is 12.4. The number of hydrogen-bond acceptors (Lipinski definition) is 4. The van der Waals surface area contributed by atoms with Crippen molar-refractivity contribution < 1.29 is 18.0 Å². The van der Waals surface area contributed by atoms with Crippen LogP contribution < -0.4 is 25.5 Å². The van der Waals surface area contributed by atoms with Crippen LogP contribution in [0.2, 0.25) is 26.2 Å². The van der Waals surface area contributed by atoms with Crippen LogP contribution in [-0.2, 0) is 0 Å². The van der Waals surface area contributed by atoms with Crippen molar-refractivity contribution in [3.63, 3.8) is 0 Å². The molecule has 0 fully saturated rings. The largest absolute Gasteiger partial charge is 0.481 e. The molecule has 4 nitrogen and oxygen atoms in total. The van der Waals surface area contributed by atoms with Crippen LogP contribution in [0, 0.1) is 0 Å². The molecule has 2 unspecified atom stereocenters. The number of benzene rings is 6. The summed E-state index contributed by atoms with van der Waals surface area (Å²) in [5, 5.41) is 10.4. The van der Waals surface area contributed by atoms with Crippen LogP contribution in [-0.4, -0.2) is 21.7 Å². The number of ether oxygens (including phenoxy) is 1. The van der Waals surface area contributed by atoms with Crippen molar-refractivity contribution in [3.05, 3.63) is 139 Å². The molecule has 4 aliphatic rings. The molecule has 9 aromatic rings. The van der Waals surface area contributed by atoms with E-state index in [2.05, 4.69) is 148 Å². The molecule has 2 atom stereocenters. The first-order valence-corrected chi connectivity index (χ1v) is 26.0. The molecule has 3 aliphatic heterocycles. The number of furan rings is 3. The molecule has 6 aromatic carbocycles. The average molecular weight is 771 g/mol. The third kappa shape index (κ3) is 3.97. The Morgan fingerprint density at radius 1 is 0.544 bits per heavy atom. The topological polar surface area (TPSA) is 48.7 Å². The second-order valence-electron chi connectivity index (χ2n) is 17.7. The van der Waals surface area contributed by atoms with Gasteiger partial charge < -0.3 is 18.0 Å². The summed E-state index contributed by atoms with van der Waals surface area (Å²) < 4.78 is 27.2. The van der Waals surface area contributed by atoms with Gasteiger partial charge in [0.15, 0.2) is 0 Å². The van der Waals surface area contributed by atoms with Crippen LogP contribution >= 0.6 is 0 Å². The van der Waals surface area contributed by atoms with Gasteiger partial charge in [0.1, 0.15) is 61.4 Å². The van der Waals surface area contributed by atoms with Gasteiger partial charge in [0, 0.05) is 33.0 Å². The Bertz CT molecular complexity index is 3300. The van der Waals surface area contributed by atoms with Crippen molar-refractivity contribution in [1.82, 2.24) is 0 Å². The predicted molar refractivity (Wildman–Crippen MR) is 239 cm³/mol. The molecule has 57 heavy (non-hydrogen) atoms. The molecule has 0 spiro atoms. The zero-order chi connectivity index (χ0) is 38.2. The average Bonchev–Trinajstić information content (AvgIpc) is 4.04. The van der Waals surface area contributed by atoms with Crippen molar-refractivity contribution in [3.8, 4) is 50.7 Å². The monoisotopic (exact) mass is 770 g/mol. The van der Waals surface area contributed by atoms with Gasteiger partial charge in [0.2, 0.25) is 0 Å². The lowest BCUT2D eigenvalue weighted by molar-refractivity contribution is 0.156. The lowest BCUT2D eigenvalue weighted by Crippen LogP contribution is -2.51. The van der Waals surface area contributed by atoms with Crippen molar-refractivity contribution >= 4 is 80.8 Å². The third-order valence-corrected chi connectivity index (χ3v) is 20.8. The van der Waals surface area contributed by atoms with E-state index in [1.807, 2.05) is 18.2 Å². The molecule has 0 radical (unpaired) electrons. The molecule has 0 saturated carbocycles. The lowest BCUT2D eigenvalue weighted by atomic mass is 9.79. The van der Waals surface area contributed by atoms with E-state index in [1.165, 1.54) is 54.0 Å². The Hall–Kier alpha value is -6.09. The van der Waals surface area contributed by atoms with Gasteiger partial charge in [0.05, 0.1) is 11.1 Å². The molecule has 3 aromatic heterocycles. The minimum atomic E-state index is -2.27. The first-order chi connectivity index (χ1) is 27.6. The van der Waals surface area contributed by atoms with Crippen molar-refractivity contribution in [1.29, 1.82) is 0 Å². The highest BCUT2D eigenvalue weighted by atomic mass is 28.3. The van der Waals surface area contributed by atoms with Gasteiger partial charge in [0.25, 0.3) is 0 Å². The molecule has 0 amide bonds. The molecule has 0 saturated heterocycles. The minimum Gasteiger partial charge on any atom is -0.481 e. The molecule has 0 bridgehead atoms. The summed E-state index contributed by atoms with van der Waals surface area (Å²) in [5.74, 6) is 2.76.